The molecule has 1 heterocycles. The first-order valence-corrected chi connectivity index (χ1v) is 13.1. The molecule has 4 aliphatic carbocycles. The fourth-order valence-corrected chi connectivity index (χ4v) is 17.7. The molecule has 21 heavy (non-hydrogen) atoms. The Morgan fingerprint density at radius 3 is 1.52 bits per heavy atom. The third-order valence-corrected chi connectivity index (χ3v) is 16.7. The molecule has 1 heteroatoms. The summed E-state index contributed by atoms with van der Waals surface area (Å²) in [4.78, 5) is 0. The topological polar surface area (TPSA) is 0 Å². The minimum absolute atomic E-state index is 0.905. The molecule has 5 rings (SSSR count). The van der Waals surface area contributed by atoms with Crippen LogP contribution in [-0.4, -0.2) is 0 Å². The molecule has 0 radical (unpaired) electrons. The van der Waals surface area contributed by atoms with Crippen LogP contribution in [0.5, 0.6) is 0 Å². The van der Waals surface area contributed by atoms with Crippen LogP contribution < -0.4 is 0 Å². The number of hydrogen-bond donors (Lipinski definition) is 0. The van der Waals surface area contributed by atoms with Crippen molar-refractivity contribution in [1.82, 2.24) is 0 Å². The van der Waals surface area contributed by atoms with Crippen molar-refractivity contribution < 1.29 is 16.6 Å². The number of hydrogen-bond acceptors (Lipinski definition) is 0. The molecule has 0 N–H and O–H groups in total. The maximum absolute atomic E-state index is 2.59. The first-order chi connectivity index (χ1) is 10.4. The first-order valence-electron chi connectivity index (χ1n) is 9.08. The van der Waals surface area contributed by atoms with Crippen molar-refractivity contribution in [2.45, 2.75) is 43.6 Å². The van der Waals surface area contributed by atoms with Crippen LogP contribution in [0.1, 0.15) is 25.7 Å². The molecular formula is C20H26Ti. The zero-order chi connectivity index (χ0) is 13.9. The van der Waals surface area contributed by atoms with Gasteiger partial charge in [-0.3, -0.25) is 0 Å². The van der Waals surface area contributed by atoms with Crippen LogP contribution in [-0.2, 0) is 16.6 Å². The van der Waals surface area contributed by atoms with Crippen LogP contribution in [0, 0.1) is 23.7 Å². The van der Waals surface area contributed by atoms with Gasteiger partial charge in [-0.1, -0.05) is 0 Å². The molecule has 0 bridgehead atoms. The Balaban J connectivity index is 1.44. The van der Waals surface area contributed by atoms with Crippen LogP contribution >= 0.6 is 0 Å². The molecule has 0 amide bonds. The van der Waals surface area contributed by atoms with Crippen molar-refractivity contribution in [3.05, 3.63) is 48.6 Å². The Morgan fingerprint density at radius 2 is 1.05 bits per heavy atom. The Kier molecular flexibility index (Phi) is 3.03. The monoisotopic (exact) mass is 314 g/mol. The molecular weight excluding hydrogens is 288 g/mol. The Labute approximate surface area is 132 Å². The van der Waals surface area contributed by atoms with Gasteiger partial charge in [0.1, 0.15) is 0 Å². The van der Waals surface area contributed by atoms with Crippen molar-refractivity contribution in [1.29, 1.82) is 0 Å². The molecule has 1 saturated heterocycles. The van der Waals surface area contributed by atoms with Crippen LogP contribution in [0.4, 0.5) is 0 Å². The van der Waals surface area contributed by atoms with Crippen molar-refractivity contribution >= 4 is 0 Å². The molecule has 6 unspecified atom stereocenters. The number of rotatable bonds is 2. The van der Waals surface area contributed by atoms with Crippen LogP contribution in [0.3, 0.4) is 0 Å². The third kappa shape index (κ3) is 1.91. The van der Waals surface area contributed by atoms with E-state index in [0.29, 0.717) is 0 Å². The molecule has 0 aromatic carbocycles. The van der Waals surface area contributed by atoms with Crippen molar-refractivity contribution in [2.75, 3.05) is 0 Å². The zero-order valence-corrected chi connectivity index (χ0v) is 14.4. The predicted octanol–water partition coefficient (Wildman–Crippen LogP) is 5.87. The molecule has 2 saturated carbocycles. The Hall–Kier alpha value is -0.326. The average Bonchev–Trinajstić information content (AvgIpc) is 3.03. The fourth-order valence-electron chi connectivity index (χ4n) is 6.41. The van der Waals surface area contributed by atoms with Gasteiger partial charge in [-0.05, 0) is 0 Å². The summed E-state index contributed by atoms with van der Waals surface area (Å²) in [6, 6.07) is 0. The van der Waals surface area contributed by atoms with E-state index in [-0.39, 0.29) is 0 Å². The molecule has 0 nitrogen and oxygen atoms in total. The summed E-state index contributed by atoms with van der Waals surface area (Å²) in [7, 11) is 0. The molecule has 5 aliphatic rings. The third-order valence-electron chi connectivity index (χ3n) is 7.45. The maximum atomic E-state index is 2.59. The molecule has 0 aromatic heterocycles. The van der Waals surface area contributed by atoms with Gasteiger partial charge in [0.05, 0.1) is 0 Å². The fraction of sp³-hybridized carbons (Fsp3) is 0.600. The standard InChI is InChI=1S/2C9H11.C2H4.Ti/c2*1-2-5-9-7-3-6-8(9)4-1;1-2;/h2*1-2,4-6,8-9H,3,7H2;1-2H2;. The summed E-state index contributed by atoms with van der Waals surface area (Å²) in [5.41, 5.74) is 0. The predicted molar refractivity (Wildman–Crippen MR) is 86.1 cm³/mol. The van der Waals surface area contributed by atoms with Crippen LogP contribution in [0.2, 0.25) is 17.9 Å². The summed E-state index contributed by atoms with van der Waals surface area (Å²) < 4.78 is 5.74. The van der Waals surface area contributed by atoms with E-state index in [1.807, 2.05) is 0 Å². The SMILES string of the molecule is C1=CC2CC[CH]([Ti]3([CH]4CCC5C=CC=CC54)[CH2][CH2]3)C2C=C1. The van der Waals surface area contributed by atoms with E-state index < -0.39 is 16.6 Å². The molecule has 3 fully saturated rings. The van der Waals surface area contributed by atoms with Crippen molar-refractivity contribution in [3.63, 3.8) is 0 Å². The summed E-state index contributed by atoms with van der Waals surface area (Å²) in [5, 5.41) is 0. The summed E-state index contributed by atoms with van der Waals surface area (Å²) in [6.07, 6.45) is 25.6. The van der Waals surface area contributed by atoms with E-state index in [1.165, 1.54) is 21.3 Å². The van der Waals surface area contributed by atoms with Gasteiger partial charge in [-0.2, -0.15) is 0 Å². The van der Waals surface area contributed by atoms with Gasteiger partial charge in [0.25, 0.3) is 0 Å². The van der Waals surface area contributed by atoms with E-state index in [9.17, 15) is 0 Å². The van der Waals surface area contributed by atoms with E-state index in [0.717, 1.165) is 23.7 Å². The van der Waals surface area contributed by atoms with E-state index in [1.54, 1.807) is 22.3 Å². The van der Waals surface area contributed by atoms with Gasteiger partial charge >= 0.3 is 132 Å². The Bertz CT molecular complexity index is 502. The van der Waals surface area contributed by atoms with E-state index in [4.69, 9.17) is 0 Å². The average molecular weight is 314 g/mol. The number of allylic oxidation sites excluding steroid dienone is 8. The van der Waals surface area contributed by atoms with Gasteiger partial charge in [-0.25, -0.2) is 0 Å². The van der Waals surface area contributed by atoms with Gasteiger partial charge in [0.2, 0.25) is 0 Å². The minimum atomic E-state index is -1.56. The van der Waals surface area contributed by atoms with E-state index >= 15 is 0 Å². The van der Waals surface area contributed by atoms with Crippen molar-refractivity contribution in [3.8, 4) is 0 Å². The summed E-state index contributed by atoms with van der Waals surface area (Å²) >= 11 is -1.56. The van der Waals surface area contributed by atoms with Gasteiger partial charge in [0, 0.05) is 0 Å². The molecule has 6 atom stereocenters. The van der Waals surface area contributed by atoms with Gasteiger partial charge in [0.15, 0.2) is 0 Å². The van der Waals surface area contributed by atoms with Crippen LogP contribution in [0.15, 0.2) is 48.6 Å². The first kappa shape index (κ1) is 13.1. The summed E-state index contributed by atoms with van der Waals surface area (Å²) in [5.74, 6) is 3.70. The zero-order valence-electron chi connectivity index (χ0n) is 12.8. The van der Waals surface area contributed by atoms with Gasteiger partial charge < -0.3 is 0 Å². The second-order valence-electron chi connectivity index (χ2n) is 8.12. The molecule has 0 aromatic rings. The van der Waals surface area contributed by atoms with E-state index in [2.05, 4.69) is 48.6 Å². The van der Waals surface area contributed by atoms with Crippen LogP contribution in [0.25, 0.3) is 0 Å². The molecule has 110 valence electrons. The quantitative estimate of drug-likeness (QED) is 0.559. The van der Waals surface area contributed by atoms with Crippen molar-refractivity contribution in [2.24, 2.45) is 23.7 Å². The Morgan fingerprint density at radius 1 is 0.571 bits per heavy atom. The normalized spacial score (nSPS) is 48.4. The second kappa shape index (κ2) is 4.83. The molecule has 1 aliphatic heterocycles. The molecule has 0 spiro atoms. The number of fused-ring (bicyclic) bond motifs is 2. The van der Waals surface area contributed by atoms with Gasteiger partial charge in [-0.15, -0.1) is 0 Å². The summed E-state index contributed by atoms with van der Waals surface area (Å²) in [6.45, 7) is 0. The second-order valence-corrected chi connectivity index (χ2v) is 15.9.